The fourth-order valence-electron chi connectivity index (χ4n) is 1.96. The quantitative estimate of drug-likeness (QED) is 0.754. The van der Waals surface area contributed by atoms with E-state index in [1.807, 2.05) is 36.4 Å². The summed E-state index contributed by atoms with van der Waals surface area (Å²) in [7, 11) is 0. The Morgan fingerprint density at radius 2 is 2.00 bits per heavy atom. The molecule has 2 N–H and O–H groups in total. The van der Waals surface area contributed by atoms with Gasteiger partial charge in [0, 0.05) is 18.8 Å². The molecule has 0 spiro atoms. The molecule has 7 nitrogen and oxygen atoms in total. The topological polar surface area (TPSA) is 108 Å². The van der Waals surface area contributed by atoms with Crippen LogP contribution in [0.15, 0.2) is 48.9 Å². The van der Waals surface area contributed by atoms with Crippen molar-refractivity contribution in [2.24, 2.45) is 0 Å². The molecule has 0 radical (unpaired) electrons. The lowest BCUT2D eigenvalue weighted by Crippen LogP contribution is -2.48. The number of hydrogen-bond donors (Lipinski definition) is 2. The maximum Gasteiger partial charge on any atom is 0.272 e. The van der Waals surface area contributed by atoms with Crippen molar-refractivity contribution in [1.82, 2.24) is 20.6 Å². The first-order valence-corrected chi connectivity index (χ1v) is 6.96. The Kier molecular flexibility index (Phi) is 5.77. The molecule has 1 heterocycles. The van der Waals surface area contributed by atoms with E-state index in [9.17, 15) is 9.59 Å². The van der Waals surface area contributed by atoms with Crippen molar-refractivity contribution in [2.75, 3.05) is 6.54 Å². The molecule has 1 aromatic carbocycles. The number of aromatic nitrogens is 2. The van der Waals surface area contributed by atoms with Crippen LogP contribution in [-0.2, 0) is 11.2 Å². The second-order valence-corrected chi connectivity index (χ2v) is 4.68. The van der Waals surface area contributed by atoms with E-state index in [1.165, 1.54) is 18.6 Å². The lowest BCUT2D eigenvalue weighted by Gasteiger charge is -2.17. The van der Waals surface area contributed by atoms with Gasteiger partial charge in [0.15, 0.2) is 0 Å². The summed E-state index contributed by atoms with van der Waals surface area (Å²) in [6.07, 6.45) is 4.49. The summed E-state index contributed by atoms with van der Waals surface area (Å²) >= 11 is 0. The Morgan fingerprint density at radius 3 is 2.65 bits per heavy atom. The highest BCUT2D eigenvalue weighted by atomic mass is 16.2. The number of carbonyl (C=O) groups excluding carboxylic acids is 2. The number of nitrogens with one attached hydrogen (secondary N) is 2. The van der Waals surface area contributed by atoms with E-state index < -0.39 is 17.9 Å². The van der Waals surface area contributed by atoms with E-state index in [4.69, 9.17) is 5.26 Å². The van der Waals surface area contributed by atoms with Gasteiger partial charge in [-0.05, 0) is 5.56 Å². The van der Waals surface area contributed by atoms with Gasteiger partial charge in [0.05, 0.1) is 12.3 Å². The van der Waals surface area contributed by atoms with Gasteiger partial charge in [-0.2, -0.15) is 5.26 Å². The Balaban J connectivity index is 2.11. The highest BCUT2D eigenvalue weighted by Gasteiger charge is 2.22. The molecule has 0 saturated heterocycles. The molecule has 7 heteroatoms. The fourth-order valence-corrected chi connectivity index (χ4v) is 1.96. The number of carbonyl (C=O) groups is 2. The highest BCUT2D eigenvalue weighted by molar-refractivity contribution is 5.96. The minimum Gasteiger partial charge on any atom is -0.341 e. The van der Waals surface area contributed by atoms with Crippen LogP contribution in [-0.4, -0.2) is 34.4 Å². The van der Waals surface area contributed by atoms with Gasteiger partial charge in [-0.3, -0.25) is 14.6 Å². The third-order valence-corrected chi connectivity index (χ3v) is 3.04. The Hall–Kier alpha value is -3.27. The first-order chi connectivity index (χ1) is 11.2. The van der Waals surface area contributed by atoms with Gasteiger partial charge in [-0.15, -0.1) is 0 Å². The zero-order chi connectivity index (χ0) is 16.5. The average molecular weight is 309 g/mol. The zero-order valence-corrected chi connectivity index (χ0v) is 12.3. The first-order valence-electron chi connectivity index (χ1n) is 6.96. The van der Waals surface area contributed by atoms with Crippen molar-refractivity contribution >= 4 is 11.8 Å². The number of rotatable bonds is 6. The van der Waals surface area contributed by atoms with E-state index in [0.717, 1.165) is 5.56 Å². The van der Waals surface area contributed by atoms with Gasteiger partial charge < -0.3 is 10.6 Å². The van der Waals surface area contributed by atoms with Gasteiger partial charge in [0.25, 0.3) is 5.91 Å². The Bertz CT molecular complexity index is 697. The molecule has 0 aliphatic rings. The molecule has 2 rings (SSSR count). The lowest BCUT2D eigenvalue weighted by molar-refractivity contribution is -0.122. The molecule has 2 amide bonds. The average Bonchev–Trinajstić information content (AvgIpc) is 2.60. The van der Waals surface area contributed by atoms with Crippen LogP contribution < -0.4 is 10.6 Å². The molecule has 23 heavy (non-hydrogen) atoms. The van der Waals surface area contributed by atoms with Crippen LogP contribution in [0.1, 0.15) is 16.1 Å². The molecule has 2 aromatic rings. The normalized spacial score (nSPS) is 11.1. The lowest BCUT2D eigenvalue weighted by atomic mass is 10.1. The number of benzene rings is 1. The maximum absolute atomic E-state index is 12.2. The molecule has 0 fully saturated rings. The first kappa shape index (κ1) is 16.1. The molecule has 116 valence electrons. The number of nitrogens with zero attached hydrogens (tertiary/aromatic N) is 3. The van der Waals surface area contributed by atoms with Crippen molar-refractivity contribution < 1.29 is 9.59 Å². The van der Waals surface area contributed by atoms with Gasteiger partial charge in [0.1, 0.15) is 18.3 Å². The van der Waals surface area contributed by atoms with E-state index >= 15 is 0 Å². The summed E-state index contributed by atoms with van der Waals surface area (Å²) in [4.78, 5) is 32.1. The van der Waals surface area contributed by atoms with Crippen LogP contribution in [0.5, 0.6) is 0 Å². The SMILES string of the molecule is N#CCNC(=O)[C@H](Cc1ccccc1)NC(=O)c1cnccn1. The smallest absolute Gasteiger partial charge is 0.272 e. The molecular weight excluding hydrogens is 294 g/mol. The fraction of sp³-hybridized carbons (Fsp3) is 0.188. The summed E-state index contributed by atoms with van der Waals surface area (Å²) in [6.45, 7) is -0.120. The molecule has 0 saturated carbocycles. The van der Waals surface area contributed by atoms with Crippen molar-refractivity contribution in [3.63, 3.8) is 0 Å². The summed E-state index contributed by atoms with van der Waals surface area (Å²) in [5.74, 6) is -0.918. The molecule has 0 bridgehead atoms. The predicted molar refractivity (Wildman–Crippen MR) is 82.1 cm³/mol. The molecule has 0 aliphatic heterocycles. The predicted octanol–water partition coefficient (Wildman–Crippen LogP) is 0.457. The van der Waals surface area contributed by atoms with E-state index in [2.05, 4.69) is 20.6 Å². The van der Waals surface area contributed by atoms with Crippen LogP contribution >= 0.6 is 0 Å². The molecule has 1 aromatic heterocycles. The van der Waals surface area contributed by atoms with Crippen molar-refractivity contribution in [3.8, 4) is 6.07 Å². The second-order valence-electron chi connectivity index (χ2n) is 4.68. The third-order valence-electron chi connectivity index (χ3n) is 3.04. The number of nitriles is 1. The van der Waals surface area contributed by atoms with Crippen LogP contribution in [0.25, 0.3) is 0 Å². The summed E-state index contributed by atoms with van der Waals surface area (Å²) in [5, 5.41) is 13.7. The van der Waals surface area contributed by atoms with Gasteiger partial charge in [-0.1, -0.05) is 30.3 Å². The largest absolute Gasteiger partial charge is 0.341 e. The van der Waals surface area contributed by atoms with Crippen molar-refractivity contribution in [2.45, 2.75) is 12.5 Å². The van der Waals surface area contributed by atoms with Crippen LogP contribution in [0.3, 0.4) is 0 Å². The summed E-state index contributed by atoms with van der Waals surface area (Å²) in [5.41, 5.74) is 1.02. The standard InChI is InChI=1S/C16H15N5O2/c17-6-7-20-15(22)13(10-12-4-2-1-3-5-12)21-16(23)14-11-18-8-9-19-14/h1-5,8-9,11,13H,7,10H2,(H,20,22)(H,21,23)/t13-/m0/s1. The molecular formula is C16H15N5O2. The summed E-state index contributed by atoms with van der Waals surface area (Å²) < 4.78 is 0. The van der Waals surface area contributed by atoms with Crippen LogP contribution in [0.4, 0.5) is 0 Å². The van der Waals surface area contributed by atoms with Crippen molar-refractivity contribution in [3.05, 3.63) is 60.2 Å². The van der Waals surface area contributed by atoms with E-state index in [0.29, 0.717) is 6.42 Å². The second kappa shape index (κ2) is 8.24. The van der Waals surface area contributed by atoms with Gasteiger partial charge in [0.2, 0.25) is 5.91 Å². The minimum absolute atomic E-state index is 0.120. The van der Waals surface area contributed by atoms with Gasteiger partial charge >= 0.3 is 0 Å². The minimum atomic E-state index is -0.805. The van der Waals surface area contributed by atoms with Crippen molar-refractivity contribution in [1.29, 1.82) is 5.26 Å². The van der Waals surface area contributed by atoms with Crippen LogP contribution in [0, 0.1) is 11.3 Å². The summed E-state index contributed by atoms with van der Waals surface area (Å²) in [6, 6.07) is 10.3. The Labute approximate surface area is 133 Å². The van der Waals surface area contributed by atoms with Gasteiger partial charge in [-0.25, -0.2) is 4.98 Å². The Morgan fingerprint density at radius 1 is 1.22 bits per heavy atom. The maximum atomic E-state index is 12.2. The molecule has 1 atom stereocenters. The number of hydrogen-bond acceptors (Lipinski definition) is 5. The van der Waals surface area contributed by atoms with E-state index in [1.54, 1.807) is 0 Å². The zero-order valence-electron chi connectivity index (χ0n) is 12.3. The third kappa shape index (κ3) is 4.89. The van der Waals surface area contributed by atoms with E-state index in [-0.39, 0.29) is 12.2 Å². The highest BCUT2D eigenvalue weighted by Crippen LogP contribution is 2.04. The number of amides is 2. The molecule has 0 aliphatic carbocycles. The molecule has 0 unspecified atom stereocenters. The van der Waals surface area contributed by atoms with Crippen LogP contribution in [0.2, 0.25) is 0 Å². The monoisotopic (exact) mass is 309 g/mol.